The van der Waals surface area contributed by atoms with Crippen molar-refractivity contribution in [3.05, 3.63) is 66.2 Å². The summed E-state index contributed by atoms with van der Waals surface area (Å²) in [5.74, 6) is -1.05. The van der Waals surface area contributed by atoms with Crippen molar-refractivity contribution in [2.45, 2.75) is 17.9 Å². The standard InChI is InChI=1S/C16H17NO3S/c1-13(14-8-4-2-5-9-14)17-16(18)12-21(19,20)15-10-6-3-7-11-15/h2-11,13H,12H2,1H3,(H,17,18)/t13-/m0/s1. The van der Waals surface area contributed by atoms with Gasteiger partial charge in [0.2, 0.25) is 5.91 Å². The minimum atomic E-state index is -3.60. The van der Waals surface area contributed by atoms with Gasteiger partial charge in [-0.25, -0.2) is 8.42 Å². The van der Waals surface area contributed by atoms with Crippen LogP contribution in [0, 0.1) is 0 Å². The predicted octanol–water partition coefficient (Wildman–Crippen LogP) is 2.34. The van der Waals surface area contributed by atoms with E-state index in [2.05, 4.69) is 5.32 Å². The van der Waals surface area contributed by atoms with Crippen LogP contribution in [0.3, 0.4) is 0 Å². The summed E-state index contributed by atoms with van der Waals surface area (Å²) in [6, 6.07) is 17.2. The summed E-state index contributed by atoms with van der Waals surface area (Å²) >= 11 is 0. The van der Waals surface area contributed by atoms with Crippen LogP contribution in [0.4, 0.5) is 0 Å². The van der Waals surface area contributed by atoms with E-state index >= 15 is 0 Å². The van der Waals surface area contributed by atoms with Crippen molar-refractivity contribution in [2.24, 2.45) is 0 Å². The number of benzene rings is 2. The molecule has 0 bridgehead atoms. The van der Waals surface area contributed by atoms with E-state index in [4.69, 9.17) is 0 Å². The van der Waals surface area contributed by atoms with E-state index in [1.165, 1.54) is 12.1 Å². The molecular weight excluding hydrogens is 286 g/mol. The maximum atomic E-state index is 12.1. The Morgan fingerprint density at radius 3 is 2.10 bits per heavy atom. The smallest absolute Gasteiger partial charge is 0.236 e. The zero-order chi connectivity index (χ0) is 15.3. The zero-order valence-corrected chi connectivity index (χ0v) is 12.5. The van der Waals surface area contributed by atoms with E-state index in [-0.39, 0.29) is 10.9 Å². The fraction of sp³-hybridized carbons (Fsp3) is 0.188. The third-order valence-electron chi connectivity index (χ3n) is 3.10. The maximum absolute atomic E-state index is 12.1. The molecule has 0 aliphatic carbocycles. The Kier molecular flexibility index (Phi) is 4.75. The van der Waals surface area contributed by atoms with E-state index in [1.54, 1.807) is 18.2 Å². The molecule has 5 heteroatoms. The van der Waals surface area contributed by atoms with Gasteiger partial charge in [-0.1, -0.05) is 48.5 Å². The van der Waals surface area contributed by atoms with E-state index in [9.17, 15) is 13.2 Å². The SMILES string of the molecule is C[C@H](NC(=O)CS(=O)(=O)c1ccccc1)c1ccccc1. The average molecular weight is 303 g/mol. The lowest BCUT2D eigenvalue weighted by Gasteiger charge is -2.14. The van der Waals surface area contributed by atoms with E-state index < -0.39 is 21.5 Å². The van der Waals surface area contributed by atoms with Crippen LogP contribution >= 0.6 is 0 Å². The number of rotatable bonds is 5. The molecule has 0 saturated carbocycles. The van der Waals surface area contributed by atoms with Crippen molar-refractivity contribution in [1.29, 1.82) is 0 Å². The predicted molar refractivity (Wildman–Crippen MR) is 81.5 cm³/mol. The summed E-state index contributed by atoms with van der Waals surface area (Å²) in [6.45, 7) is 1.82. The molecule has 4 nitrogen and oxygen atoms in total. The first-order chi connectivity index (χ1) is 9.99. The lowest BCUT2D eigenvalue weighted by molar-refractivity contribution is -0.119. The normalized spacial score (nSPS) is 12.6. The van der Waals surface area contributed by atoms with Gasteiger partial charge >= 0.3 is 0 Å². The Bertz CT molecular complexity index is 697. The molecule has 1 amide bonds. The molecule has 0 fully saturated rings. The van der Waals surface area contributed by atoms with E-state index in [0.717, 1.165) is 5.56 Å². The molecular formula is C16H17NO3S. The van der Waals surface area contributed by atoms with Crippen LogP contribution in [0.25, 0.3) is 0 Å². The summed E-state index contributed by atoms with van der Waals surface area (Å²) in [6.07, 6.45) is 0. The Balaban J connectivity index is 2.02. The van der Waals surface area contributed by atoms with Crippen molar-refractivity contribution in [2.75, 3.05) is 5.75 Å². The maximum Gasteiger partial charge on any atom is 0.236 e. The molecule has 0 aromatic heterocycles. The van der Waals surface area contributed by atoms with Crippen LogP contribution in [-0.2, 0) is 14.6 Å². The van der Waals surface area contributed by atoms with Crippen molar-refractivity contribution < 1.29 is 13.2 Å². The summed E-state index contributed by atoms with van der Waals surface area (Å²) < 4.78 is 24.2. The summed E-state index contributed by atoms with van der Waals surface area (Å²) in [4.78, 5) is 12.1. The van der Waals surface area contributed by atoms with Crippen molar-refractivity contribution >= 4 is 15.7 Å². The Morgan fingerprint density at radius 1 is 1.00 bits per heavy atom. The van der Waals surface area contributed by atoms with Crippen molar-refractivity contribution in [3.8, 4) is 0 Å². The molecule has 110 valence electrons. The largest absolute Gasteiger partial charge is 0.349 e. The Labute approximate surface area is 124 Å². The summed E-state index contributed by atoms with van der Waals surface area (Å²) in [5.41, 5.74) is 0.933. The second kappa shape index (κ2) is 6.54. The van der Waals surface area contributed by atoms with Gasteiger partial charge in [0.15, 0.2) is 9.84 Å². The van der Waals surface area contributed by atoms with Gasteiger partial charge in [-0.3, -0.25) is 4.79 Å². The highest BCUT2D eigenvalue weighted by molar-refractivity contribution is 7.92. The first-order valence-electron chi connectivity index (χ1n) is 6.61. The van der Waals surface area contributed by atoms with Crippen LogP contribution in [0.5, 0.6) is 0 Å². The lowest BCUT2D eigenvalue weighted by Crippen LogP contribution is -2.32. The van der Waals surface area contributed by atoms with Gasteiger partial charge < -0.3 is 5.32 Å². The molecule has 0 aliphatic rings. The first-order valence-corrected chi connectivity index (χ1v) is 8.26. The van der Waals surface area contributed by atoms with E-state index in [0.29, 0.717) is 0 Å². The molecule has 1 atom stereocenters. The fourth-order valence-electron chi connectivity index (χ4n) is 1.99. The third-order valence-corrected chi connectivity index (χ3v) is 4.73. The highest BCUT2D eigenvalue weighted by atomic mass is 32.2. The number of amides is 1. The monoisotopic (exact) mass is 303 g/mol. The number of nitrogens with one attached hydrogen (secondary N) is 1. The molecule has 0 unspecified atom stereocenters. The minimum Gasteiger partial charge on any atom is -0.349 e. The average Bonchev–Trinajstić information content (AvgIpc) is 2.48. The van der Waals surface area contributed by atoms with Gasteiger partial charge in [-0.05, 0) is 24.6 Å². The van der Waals surface area contributed by atoms with E-state index in [1.807, 2.05) is 37.3 Å². The second-order valence-corrected chi connectivity index (χ2v) is 6.76. The molecule has 2 aromatic rings. The molecule has 0 spiro atoms. The van der Waals surface area contributed by atoms with Crippen molar-refractivity contribution in [1.82, 2.24) is 5.32 Å². The molecule has 0 heterocycles. The molecule has 1 N–H and O–H groups in total. The van der Waals surface area contributed by atoms with Crippen LogP contribution in [0.15, 0.2) is 65.6 Å². The van der Waals surface area contributed by atoms with Gasteiger partial charge in [0.25, 0.3) is 0 Å². The van der Waals surface area contributed by atoms with Gasteiger partial charge in [0.1, 0.15) is 5.75 Å². The van der Waals surface area contributed by atoms with Gasteiger partial charge in [0, 0.05) is 0 Å². The quantitative estimate of drug-likeness (QED) is 0.922. The molecule has 0 saturated heterocycles. The zero-order valence-electron chi connectivity index (χ0n) is 11.7. The third kappa shape index (κ3) is 4.16. The molecule has 2 aromatic carbocycles. The number of hydrogen-bond acceptors (Lipinski definition) is 3. The van der Waals surface area contributed by atoms with Crippen LogP contribution in [-0.4, -0.2) is 20.1 Å². The summed E-state index contributed by atoms with van der Waals surface area (Å²) in [7, 11) is -3.60. The number of carbonyl (C=O) groups excluding carboxylic acids is 1. The minimum absolute atomic E-state index is 0.160. The van der Waals surface area contributed by atoms with Crippen LogP contribution < -0.4 is 5.32 Å². The Morgan fingerprint density at radius 2 is 1.52 bits per heavy atom. The van der Waals surface area contributed by atoms with Crippen molar-refractivity contribution in [3.63, 3.8) is 0 Å². The molecule has 21 heavy (non-hydrogen) atoms. The lowest BCUT2D eigenvalue weighted by atomic mass is 10.1. The van der Waals surface area contributed by atoms with Gasteiger partial charge in [-0.15, -0.1) is 0 Å². The number of hydrogen-bond donors (Lipinski definition) is 1. The summed E-state index contributed by atoms with van der Waals surface area (Å²) in [5, 5.41) is 2.70. The highest BCUT2D eigenvalue weighted by Crippen LogP contribution is 2.13. The van der Waals surface area contributed by atoms with Crippen LogP contribution in [0.2, 0.25) is 0 Å². The fourth-order valence-corrected chi connectivity index (χ4v) is 3.16. The molecule has 0 radical (unpaired) electrons. The molecule has 0 aliphatic heterocycles. The first kappa shape index (κ1) is 15.3. The van der Waals surface area contributed by atoms with Crippen LogP contribution in [0.1, 0.15) is 18.5 Å². The number of sulfone groups is 1. The van der Waals surface area contributed by atoms with Gasteiger partial charge in [-0.2, -0.15) is 0 Å². The molecule has 2 rings (SSSR count). The topological polar surface area (TPSA) is 63.2 Å². The second-order valence-electron chi connectivity index (χ2n) is 4.77. The Hall–Kier alpha value is -2.14. The van der Waals surface area contributed by atoms with Gasteiger partial charge in [0.05, 0.1) is 10.9 Å². The number of carbonyl (C=O) groups is 1. The highest BCUT2D eigenvalue weighted by Gasteiger charge is 2.20.